The molecule has 0 heterocycles. The molecule has 0 aliphatic heterocycles. The van der Waals surface area contributed by atoms with Crippen LogP contribution < -0.4 is 4.74 Å². The molecule has 0 bridgehead atoms. The van der Waals surface area contributed by atoms with E-state index in [9.17, 15) is 4.79 Å². The van der Waals surface area contributed by atoms with Crippen LogP contribution in [0.1, 0.15) is 103 Å². The minimum Gasteiger partial charge on any atom is -0.483 e. The van der Waals surface area contributed by atoms with Gasteiger partial charge in [-0.2, -0.15) is 0 Å². The summed E-state index contributed by atoms with van der Waals surface area (Å²) < 4.78 is 6.78. The quantitative estimate of drug-likeness (QED) is 0.199. The van der Waals surface area contributed by atoms with Crippen molar-refractivity contribution in [1.29, 1.82) is 0 Å². The van der Waals surface area contributed by atoms with Crippen LogP contribution >= 0.6 is 15.9 Å². The van der Waals surface area contributed by atoms with E-state index < -0.39 is 0 Å². The van der Waals surface area contributed by atoms with Crippen LogP contribution in [0, 0.1) is 0 Å². The number of nitrogens with zero attached hydrogens (tertiary/aromatic N) is 1. The number of hydrogen-bond acceptors (Lipinski definition) is 2. The fourth-order valence-electron chi connectivity index (χ4n) is 3.64. The highest BCUT2D eigenvalue weighted by Gasteiger charge is 2.14. The van der Waals surface area contributed by atoms with Gasteiger partial charge in [-0.05, 0) is 52.9 Å². The van der Waals surface area contributed by atoms with Crippen molar-refractivity contribution in [3.8, 4) is 5.75 Å². The zero-order valence-corrected chi connectivity index (χ0v) is 21.3. The molecule has 0 aliphatic rings. The van der Waals surface area contributed by atoms with Gasteiger partial charge < -0.3 is 9.64 Å². The summed E-state index contributed by atoms with van der Waals surface area (Å²) in [5.41, 5.74) is 1.26. The number of amides is 1. The third-order valence-corrected chi connectivity index (χ3v) is 6.29. The molecule has 0 fully saturated rings. The van der Waals surface area contributed by atoms with Gasteiger partial charge in [-0.25, -0.2) is 0 Å². The topological polar surface area (TPSA) is 29.5 Å². The molecule has 0 radical (unpaired) electrons. The van der Waals surface area contributed by atoms with Crippen molar-refractivity contribution in [2.45, 2.75) is 104 Å². The minimum absolute atomic E-state index is 0.114. The van der Waals surface area contributed by atoms with Gasteiger partial charge in [0.2, 0.25) is 0 Å². The number of carbonyl (C=O) groups is 1. The number of halogens is 1. The molecular weight excluding hydrogens is 438 g/mol. The van der Waals surface area contributed by atoms with Crippen LogP contribution in [0.15, 0.2) is 22.7 Å². The van der Waals surface area contributed by atoms with Crippen molar-refractivity contribution in [1.82, 2.24) is 4.90 Å². The van der Waals surface area contributed by atoms with Gasteiger partial charge >= 0.3 is 0 Å². The molecule has 1 amide bonds. The number of unbranched alkanes of at least 4 members (excludes halogenated alkanes) is 10. The molecule has 1 rings (SSSR count). The van der Waals surface area contributed by atoms with Crippen LogP contribution in [0.25, 0.3) is 0 Å². The predicted molar refractivity (Wildman–Crippen MR) is 132 cm³/mol. The maximum absolute atomic E-state index is 12.9. The minimum atomic E-state index is 0.114. The second kappa shape index (κ2) is 17.6. The Morgan fingerprint density at radius 1 is 0.833 bits per heavy atom. The first-order valence-corrected chi connectivity index (χ1v) is 13.1. The summed E-state index contributed by atoms with van der Waals surface area (Å²) in [6.07, 6.45) is 16.0. The highest BCUT2D eigenvalue weighted by molar-refractivity contribution is 9.10. The fourth-order valence-corrected chi connectivity index (χ4v) is 4.18. The van der Waals surface area contributed by atoms with Crippen LogP contribution in [0.2, 0.25) is 0 Å². The zero-order chi connectivity index (χ0) is 22.0. The van der Waals surface area contributed by atoms with E-state index in [1.54, 1.807) is 0 Å². The SMILES string of the molecule is CCCCCCCCN(CCCCCCCC)C(=O)COc1ccc(CC)cc1Br. The highest BCUT2D eigenvalue weighted by atomic mass is 79.9. The highest BCUT2D eigenvalue weighted by Crippen LogP contribution is 2.26. The Balaban J connectivity index is 2.48. The lowest BCUT2D eigenvalue weighted by atomic mass is 10.1. The van der Waals surface area contributed by atoms with Crippen molar-refractivity contribution < 1.29 is 9.53 Å². The molecule has 4 heteroatoms. The Hall–Kier alpha value is -1.03. The van der Waals surface area contributed by atoms with Gasteiger partial charge in [0, 0.05) is 13.1 Å². The second-order valence-electron chi connectivity index (χ2n) is 8.32. The number of rotatable bonds is 18. The first kappa shape index (κ1) is 27.0. The van der Waals surface area contributed by atoms with Gasteiger partial charge in [0.25, 0.3) is 5.91 Å². The Labute approximate surface area is 194 Å². The molecule has 1 aromatic rings. The summed E-state index contributed by atoms with van der Waals surface area (Å²) in [4.78, 5) is 14.9. The van der Waals surface area contributed by atoms with Gasteiger partial charge in [0.05, 0.1) is 4.47 Å². The van der Waals surface area contributed by atoms with E-state index in [1.165, 1.54) is 69.8 Å². The molecule has 172 valence electrons. The predicted octanol–water partition coefficient (Wildman–Crippen LogP) is 7.94. The average Bonchev–Trinajstić information content (AvgIpc) is 2.75. The average molecular weight is 483 g/mol. The van der Waals surface area contributed by atoms with E-state index in [0.717, 1.165) is 42.6 Å². The van der Waals surface area contributed by atoms with E-state index in [-0.39, 0.29) is 12.5 Å². The molecule has 0 saturated heterocycles. The Bertz CT molecular complexity index is 560. The van der Waals surface area contributed by atoms with Gasteiger partial charge in [0.15, 0.2) is 6.61 Å². The van der Waals surface area contributed by atoms with Crippen molar-refractivity contribution in [2.75, 3.05) is 19.7 Å². The first-order valence-electron chi connectivity index (χ1n) is 12.3. The molecule has 0 aromatic heterocycles. The molecule has 0 spiro atoms. The molecule has 0 aliphatic carbocycles. The summed E-state index contributed by atoms with van der Waals surface area (Å²) in [5.74, 6) is 0.864. The summed E-state index contributed by atoms with van der Waals surface area (Å²) in [6, 6.07) is 6.10. The summed E-state index contributed by atoms with van der Waals surface area (Å²) in [7, 11) is 0. The Kier molecular flexibility index (Phi) is 15.9. The number of aryl methyl sites for hydroxylation is 1. The second-order valence-corrected chi connectivity index (χ2v) is 9.18. The normalized spacial score (nSPS) is 10.9. The monoisotopic (exact) mass is 481 g/mol. The molecule has 30 heavy (non-hydrogen) atoms. The molecule has 3 nitrogen and oxygen atoms in total. The van der Waals surface area contributed by atoms with Gasteiger partial charge in [0.1, 0.15) is 5.75 Å². The smallest absolute Gasteiger partial charge is 0.260 e. The van der Waals surface area contributed by atoms with Crippen LogP contribution in [0.4, 0.5) is 0 Å². The van der Waals surface area contributed by atoms with Crippen LogP contribution in [-0.4, -0.2) is 30.5 Å². The maximum atomic E-state index is 12.9. The van der Waals surface area contributed by atoms with Gasteiger partial charge in [-0.15, -0.1) is 0 Å². The molecule has 0 N–H and O–H groups in total. The number of ether oxygens (including phenoxy) is 1. The fraction of sp³-hybridized carbons (Fsp3) is 0.731. The van der Waals surface area contributed by atoms with Crippen LogP contribution in [-0.2, 0) is 11.2 Å². The molecule has 0 unspecified atom stereocenters. The Morgan fingerprint density at radius 3 is 1.87 bits per heavy atom. The van der Waals surface area contributed by atoms with Crippen molar-refractivity contribution in [2.24, 2.45) is 0 Å². The molecule has 1 aromatic carbocycles. The molecular formula is C26H44BrNO2. The number of hydrogen-bond donors (Lipinski definition) is 0. The Morgan fingerprint density at radius 2 is 1.37 bits per heavy atom. The molecule has 0 atom stereocenters. The largest absolute Gasteiger partial charge is 0.483 e. The lowest BCUT2D eigenvalue weighted by Gasteiger charge is -2.23. The first-order chi connectivity index (χ1) is 14.6. The molecule has 0 saturated carbocycles. The number of benzene rings is 1. The van der Waals surface area contributed by atoms with Crippen molar-refractivity contribution in [3.63, 3.8) is 0 Å². The number of carbonyl (C=O) groups excluding carboxylic acids is 1. The third kappa shape index (κ3) is 12.0. The lowest BCUT2D eigenvalue weighted by Crippen LogP contribution is -2.36. The maximum Gasteiger partial charge on any atom is 0.260 e. The van der Waals surface area contributed by atoms with Crippen molar-refractivity contribution in [3.05, 3.63) is 28.2 Å². The third-order valence-electron chi connectivity index (χ3n) is 5.67. The summed E-state index contributed by atoms with van der Waals surface area (Å²) in [6.45, 7) is 8.46. The standard InChI is InChI=1S/C26H44BrNO2/c1-4-7-9-11-13-15-19-28(20-16-14-12-10-8-5-2)26(29)22-30-25-18-17-23(6-3)21-24(25)27/h17-18,21H,4-16,19-20,22H2,1-3H3. The summed E-state index contributed by atoms with van der Waals surface area (Å²) in [5, 5.41) is 0. The zero-order valence-electron chi connectivity index (χ0n) is 19.7. The summed E-state index contributed by atoms with van der Waals surface area (Å²) >= 11 is 3.57. The van der Waals surface area contributed by atoms with E-state index in [0.29, 0.717) is 0 Å². The van der Waals surface area contributed by atoms with E-state index in [1.807, 2.05) is 11.0 Å². The van der Waals surface area contributed by atoms with Crippen LogP contribution in [0.3, 0.4) is 0 Å². The van der Waals surface area contributed by atoms with E-state index in [4.69, 9.17) is 4.74 Å². The van der Waals surface area contributed by atoms with Gasteiger partial charge in [-0.1, -0.05) is 91.0 Å². The lowest BCUT2D eigenvalue weighted by molar-refractivity contribution is -0.133. The van der Waals surface area contributed by atoms with Gasteiger partial charge in [-0.3, -0.25) is 4.79 Å². The van der Waals surface area contributed by atoms with Crippen LogP contribution in [0.5, 0.6) is 5.75 Å². The van der Waals surface area contributed by atoms with Crippen molar-refractivity contribution >= 4 is 21.8 Å². The van der Waals surface area contributed by atoms with E-state index >= 15 is 0 Å². The van der Waals surface area contributed by atoms with E-state index in [2.05, 4.69) is 48.8 Å².